The molecule has 8 heteroatoms. The van der Waals surface area contributed by atoms with Gasteiger partial charge in [-0.15, -0.1) is 0 Å². The molecule has 6 nitrogen and oxygen atoms in total. The van der Waals surface area contributed by atoms with Crippen LogP contribution in [0, 0.1) is 17.6 Å². The van der Waals surface area contributed by atoms with E-state index in [0.29, 0.717) is 16.9 Å². The molecule has 0 radical (unpaired) electrons. The second kappa shape index (κ2) is 10.5. The van der Waals surface area contributed by atoms with Crippen LogP contribution in [0.5, 0.6) is 0 Å². The first-order valence-electron chi connectivity index (χ1n) is 12.2. The molecule has 1 unspecified atom stereocenters. The Labute approximate surface area is 214 Å². The third kappa shape index (κ3) is 5.38. The van der Waals surface area contributed by atoms with Crippen molar-refractivity contribution < 1.29 is 23.2 Å². The quantitative estimate of drug-likeness (QED) is 0.463. The van der Waals surface area contributed by atoms with Crippen LogP contribution >= 0.6 is 0 Å². The van der Waals surface area contributed by atoms with Gasteiger partial charge in [0.1, 0.15) is 17.7 Å². The van der Waals surface area contributed by atoms with Crippen LogP contribution in [0.2, 0.25) is 0 Å². The minimum Gasteiger partial charge on any atom is -0.398 e. The molecule has 1 aliphatic heterocycles. The number of fused-ring (bicyclic) bond motifs is 3. The lowest BCUT2D eigenvalue weighted by Gasteiger charge is -2.29. The predicted octanol–water partition coefficient (Wildman–Crippen LogP) is 4.96. The number of nitrogens with one attached hydrogen (secondary N) is 1. The van der Waals surface area contributed by atoms with E-state index in [0.717, 1.165) is 34.2 Å². The minimum absolute atomic E-state index is 0.00196. The molecule has 3 aromatic carbocycles. The van der Waals surface area contributed by atoms with Crippen LogP contribution in [0.3, 0.4) is 0 Å². The number of nitrogen functional groups attached to an aromatic ring is 1. The van der Waals surface area contributed by atoms with Crippen LogP contribution < -0.4 is 16.0 Å². The second-order valence-electron chi connectivity index (χ2n) is 9.77. The summed E-state index contributed by atoms with van der Waals surface area (Å²) in [6, 6.07) is 14.3. The predicted molar refractivity (Wildman–Crippen MR) is 139 cm³/mol. The molecule has 192 valence electrons. The van der Waals surface area contributed by atoms with Crippen molar-refractivity contribution in [1.29, 1.82) is 0 Å². The van der Waals surface area contributed by atoms with Crippen molar-refractivity contribution in [1.82, 2.24) is 5.32 Å². The number of halogens is 2. The van der Waals surface area contributed by atoms with Gasteiger partial charge in [-0.25, -0.2) is 13.7 Å². The highest BCUT2D eigenvalue weighted by Crippen LogP contribution is 2.44. The molecule has 4 rings (SSSR count). The summed E-state index contributed by atoms with van der Waals surface area (Å²) in [7, 11) is 0. The first-order valence-corrected chi connectivity index (χ1v) is 12.2. The van der Waals surface area contributed by atoms with Gasteiger partial charge in [0.25, 0.3) is 5.91 Å². The first-order chi connectivity index (χ1) is 17.6. The third-order valence-corrected chi connectivity index (χ3v) is 6.45. The summed E-state index contributed by atoms with van der Waals surface area (Å²) < 4.78 is 27.2. The molecule has 3 aromatic rings. The maximum atomic E-state index is 14.0. The number of rotatable bonds is 6. The average Bonchev–Trinajstić information content (AvgIpc) is 2.91. The number of nitrogens with two attached hydrogens (primary N) is 1. The standard InChI is InChI=1S/C29H29F2N3O3/c1-16(2)11-24(33-26(35)14-18-12-19(30)15-20(31)13-18)29(37)34-25-10-6-9-23(32)27(25)22-8-5-4-7-21(22)17(3)28(34)36/h4-10,12-13,15-17,24H,11,14,32H2,1-3H3,(H,33,35)/t17?,24-/m0/s1. The number of benzene rings is 3. The van der Waals surface area contributed by atoms with E-state index >= 15 is 0 Å². The van der Waals surface area contributed by atoms with Gasteiger partial charge < -0.3 is 11.1 Å². The Morgan fingerprint density at radius 1 is 1.03 bits per heavy atom. The van der Waals surface area contributed by atoms with E-state index in [9.17, 15) is 23.2 Å². The van der Waals surface area contributed by atoms with Gasteiger partial charge in [-0.05, 0) is 60.2 Å². The van der Waals surface area contributed by atoms with Crippen LogP contribution in [0.4, 0.5) is 20.2 Å². The highest BCUT2D eigenvalue weighted by Gasteiger charge is 2.39. The van der Waals surface area contributed by atoms with Crippen molar-refractivity contribution in [2.45, 2.75) is 45.6 Å². The zero-order valence-electron chi connectivity index (χ0n) is 20.9. The second-order valence-corrected chi connectivity index (χ2v) is 9.77. The van der Waals surface area contributed by atoms with Crippen LogP contribution in [0.25, 0.3) is 11.1 Å². The monoisotopic (exact) mass is 505 g/mol. The fourth-order valence-corrected chi connectivity index (χ4v) is 4.80. The number of amides is 3. The SMILES string of the molecule is CC(C)C[C@H](NC(=O)Cc1cc(F)cc(F)c1)C(=O)N1C(=O)C(C)c2ccccc2-c2c(N)cccc21. The Bertz CT molecular complexity index is 1350. The Balaban J connectivity index is 1.71. The van der Waals surface area contributed by atoms with Crippen LogP contribution in [-0.2, 0) is 20.8 Å². The van der Waals surface area contributed by atoms with Crippen molar-refractivity contribution in [3.63, 3.8) is 0 Å². The number of hydrogen-bond donors (Lipinski definition) is 2. The molecule has 0 aliphatic carbocycles. The number of carbonyl (C=O) groups excluding carboxylic acids is 3. The normalized spacial score (nSPS) is 15.6. The molecule has 3 N–H and O–H groups in total. The van der Waals surface area contributed by atoms with Crippen molar-refractivity contribution in [3.8, 4) is 11.1 Å². The van der Waals surface area contributed by atoms with Crippen LogP contribution in [-0.4, -0.2) is 23.8 Å². The van der Waals surface area contributed by atoms with Gasteiger partial charge in [0.05, 0.1) is 18.0 Å². The molecule has 0 fully saturated rings. The largest absolute Gasteiger partial charge is 0.398 e. The molecule has 0 spiro atoms. The molecular weight excluding hydrogens is 476 g/mol. The molecule has 0 saturated carbocycles. The van der Waals surface area contributed by atoms with Crippen molar-refractivity contribution in [2.24, 2.45) is 5.92 Å². The fraction of sp³-hybridized carbons (Fsp3) is 0.276. The molecule has 0 saturated heterocycles. The van der Waals surface area contributed by atoms with E-state index in [1.807, 2.05) is 38.1 Å². The van der Waals surface area contributed by atoms with Gasteiger partial charge in [-0.2, -0.15) is 0 Å². The summed E-state index contributed by atoms with van der Waals surface area (Å²) in [5.41, 5.74) is 9.35. The number of imide groups is 1. The number of nitrogens with zero attached hydrogens (tertiary/aromatic N) is 1. The van der Waals surface area contributed by atoms with Gasteiger partial charge in [-0.1, -0.05) is 44.2 Å². The third-order valence-electron chi connectivity index (χ3n) is 6.45. The fourth-order valence-electron chi connectivity index (χ4n) is 4.80. The van der Waals surface area contributed by atoms with Crippen LogP contribution in [0.1, 0.15) is 44.2 Å². The van der Waals surface area contributed by atoms with Gasteiger partial charge >= 0.3 is 0 Å². The zero-order chi connectivity index (χ0) is 26.9. The van der Waals surface area contributed by atoms with Gasteiger partial charge in [0.15, 0.2) is 0 Å². The number of carbonyl (C=O) groups is 3. The smallest absolute Gasteiger partial charge is 0.256 e. The van der Waals surface area contributed by atoms with E-state index < -0.39 is 41.3 Å². The van der Waals surface area contributed by atoms with Crippen molar-refractivity contribution >= 4 is 29.1 Å². The van der Waals surface area contributed by atoms with E-state index in [-0.39, 0.29) is 24.3 Å². The Morgan fingerprint density at radius 2 is 1.70 bits per heavy atom. The average molecular weight is 506 g/mol. The van der Waals surface area contributed by atoms with Gasteiger partial charge in [0.2, 0.25) is 11.8 Å². The molecule has 37 heavy (non-hydrogen) atoms. The maximum Gasteiger partial charge on any atom is 0.256 e. The number of hydrogen-bond acceptors (Lipinski definition) is 4. The van der Waals surface area contributed by atoms with E-state index in [1.54, 1.807) is 25.1 Å². The Hall–Kier alpha value is -4.07. The van der Waals surface area contributed by atoms with Crippen molar-refractivity contribution in [2.75, 3.05) is 10.6 Å². The zero-order valence-corrected chi connectivity index (χ0v) is 20.9. The molecule has 1 aliphatic rings. The van der Waals surface area contributed by atoms with E-state index in [2.05, 4.69) is 5.32 Å². The lowest BCUT2D eigenvalue weighted by molar-refractivity contribution is -0.131. The summed E-state index contributed by atoms with van der Waals surface area (Å²) in [5.74, 6) is -3.85. The van der Waals surface area contributed by atoms with Gasteiger partial charge in [0, 0.05) is 17.3 Å². The molecule has 2 atom stereocenters. The summed E-state index contributed by atoms with van der Waals surface area (Å²) in [4.78, 5) is 41.7. The highest BCUT2D eigenvalue weighted by atomic mass is 19.1. The number of anilines is 2. The maximum absolute atomic E-state index is 14.0. The Morgan fingerprint density at radius 3 is 2.38 bits per heavy atom. The molecule has 0 aromatic heterocycles. The summed E-state index contributed by atoms with van der Waals surface area (Å²) >= 11 is 0. The minimum atomic E-state index is -1.04. The molecule has 1 heterocycles. The topological polar surface area (TPSA) is 92.5 Å². The molecule has 0 bridgehead atoms. The first kappa shape index (κ1) is 26.0. The van der Waals surface area contributed by atoms with Crippen LogP contribution in [0.15, 0.2) is 60.7 Å². The molecular formula is C29H29F2N3O3. The summed E-state index contributed by atoms with van der Waals surface area (Å²) in [6.07, 6.45) is -0.0687. The van der Waals surface area contributed by atoms with E-state index in [4.69, 9.17) is 5.73 Å². The lowest BCUT2D eigenvalue weighted by atomic mass is 9.92. The van der Waals surface area contributed by atoms with E-state index in [1.165, 1.54) is 0 Å². The highest BCUT2D eigenvalue weighted by molar-refractivity contribution is 6.22. The lowest BCUT2D eigenvalue weighted by Crippen LogP contribution is -2.52. The van der Waals surface area contributed by atoms with Crippen molar-refractivity contribution in [3.05, 3.63) is 83.4 Å². The summed E-state index contributed by atoms with van der Waals surface area (Å²) in [5, 5.41) is 2.70. The Kier molecular flexibility index (Phi) is 7.38. The van der Waals surface area contributed by atoms with Gasteiger partial charge in [-0.3, -0.25) is 14.4 Å². The molecule has 3 amide bonds. The summed E-state index contributed by atoms with van der Waals surface area (Å²) in [6.45, 7) is 5.52.